The standard InChI is InChI=1S/C29H31Cl2N5O4S/c1-17(36-41(38)28(2,3)4)24-27(40-6)35-23(15-33-24)29(22-14-32-21(16-37)26(34-22)39-5)13-9-11-19(25(29)31)18-10-7-8-12-20(18)30/h7-17,25,36H,1-6H3. The van der Waals surface area contributed by atoms with E-state index in [2.05, 4.69) is 14.7 Å². The van der Waals surface area contributed by atoms with Crippen LogP contribution in [-0.4, -0.2) is 55.1 Å². The molecule has 216 valence electrons. The van der Waals surface area contributed by atoms with Gasteiger partial charge in [-0.1, -0.05) is 48.0 Å². The van der Waals surface area contributed by atoms with E-state index in [9.17, 15) is 9.35 Å². The first kappa shape index (κ1) is 30.9. The SMILES string of the molecule is COc1nc(C2(c3cnc(C(C)N[S+]([O-])C(C)(C)C)c(OC)n3)C=CC=C(c3ccccc3Cl)C2Cl)cnc1C=O. The largest absolute Gasteiger partial charge is 0.598 e. The van der Waals surface area contributed by atoms with Gasteiger partial charge in [-0.2, -0.15) is 0 Å². The molecule has 0 radical (unpaired) electrons. The Balaban J connectivity index is 1.90. The van der Waals surface area contributed by atoms with Crippen molar-refractivity contribution in [2.75, 3.05) is 14.2 Å². The van der Waals surface area contributed by atoms with Crippen molar-refractivity contribution in [3.63, 3.8) is 0 Å². The second-order valence-corrected chi connectivity index (χ2v) is 13.2. The molecule has 0 spiro atoms. The van der Waals surface area contributed by atoms with Crippen LogP contribution in [0.4, 0.5) is 0 Å². The second kappa shape index (κ2) is 12.5. The molecule has 2 heterocycles. The van der Waals surface area contributed by atoms with Crippen molar-refractivity contribution in [3.8, 4) is 11.8 Å². The predicted molar refractivity (Wildman–Crippen MR) is 161 cm³/mol. The highest BCUT2D eigenvalue weighted by Gasteiger charge is 2.47. The minimum atomic E-state index is -1.35. The minimum Gasteiger partial charge on any atom is -0.598 e. The lowest BCUT2D eigenvalue weighted by atomic mass is 9.71. The number of halogens is 2. The van der Waals surface area contributed by atoms with Crippen LogP contribution in [0.5, 0.6) is 11.8 Å². The Morgan fingerprint density at radius 3 is 2.34 bits per heavy atom. The van der Waals surface area contributed by atoms with Gasteiger partial charge < -0.3 is 14.0 Å². The molecule has 0 bridgehead atoms. The normalized spacial score (nSPS) is 20.2. The van der Waals surface area contributed by atoms with Gasteiger partial charge in [-0.25, -0.2) is 15.0 Å². The Morgan fingerprint density at radius 1 is 1.10 bits per heavy atom. The number of ether oxygens (including phenoxy) is 2. The van der Waals surface area contributed by atoms with Crippen LogP contribution in [0, 0.1) is 0 Å². The minimum absolute atomic E-state index is 0.0435. The number of alkyl halides is 1. The fourth-order valence-electron chi connectivity index (χ4n) is 4.43. The van der Waals surface area contributed by atoms with Crippen LogP contribution >= 0.6 is 23.2 Å². The summed E-state index contributed by atoms with van der Waals surface area (Å²) >= 11 is 12.6. The van der Waals surface area contributed by atoms with Crippen LogP contribution in [0.1, 0.15) is 66.9 Å². The summed E-state index contributed by atoms with van der Waals surface area (Å²) in [7, 11) is 2.90. The lowest BCUT2D eigenvalue weighted by Gasteiger charge is -2.37. The Hall–Kier alpha value is -3.02. The predicted octanol–water partition coefficient (Wildman–Crippen LogP) is 5.41. The summed E-state index contributed by atoms with van der Waals surface area (Å²) in [6.45, 7) is 7.47. The van der Waals surface area contributed by atoms with Gasteiger partial charge in [0.2, 0.25) is 11.8 Å². The number of benzene rings is 1. The van der Waals surface area contributed by atoms with Crippen LogP contribution < -0.4 is 14.2 Å². The topological polar surface area (TPSA) is 122 Å². The summed E-state index contributed by atoms with van der Waals surface area (Å²) in [6, 6.07) is 6.94. The van der Waals surface area contributed by atoms with Crippen molar-refractivity contribution >= 4 is 46.4 Å². The van der Waals surface area contributed by atoms with Crippen molar-refractivity contribution in [1.82, 2.24) is 24.7 Å². The van der Waals surface area contributed by atoms with Gasteiger partial charge >= 0.3 is 0 Å². The first-order valence-electron chi connectivity index (χ1n) is 12.7. The number of nitrogens with zero attached hydrogens (tertiary/aromatic N) is 4. The van der Waals surface area contributed by atoms with E-state index in [0.717, 1.165) is 11.1 Å². The van der Waals surface area contributed by atoms with Crippen molar-refractivity contribution < 1.29 is 18.8 Å². The fraction of sp³-hybridized carbons (Fsp3) is 0.345. The summed E-state index contributed by atoms with van der Waals surface area (Å²) < 4.78 is 26.4. The summed E-state index contributed by atoms with van der Waals surface area (Å²) in [4.78, 5) is 30.1. The highest BCUT2D eigenvalue weighted by Crippen LogP contribution is 2.48. The Morgan fingerprint density at radius 2 is 1.73 bits per heavy atom. The number of nitrogens with one attached hydrogen (secondary N) is 1. The van der Waals surface area contributed by atoms with Gasteiger partial charge in [0.1, 0.15) is 10.4 Å². The third kappa shape index (κ3) is 5.98. The van der Waals surface area contributed by atoms with Gasteiger partial charge in [0, 0.05) is 16.4 Å². The zero-order chi connectivity index (χ0) is 29.9. The van der Waals surface area contributed by atoms with E-state index in [1.165, 1.54) is 20.4 Å². The number of rotatable bonds is 9. The van der Waals surface area contributed by atoms with Crippen LogP contribution in [-0.2, 0) is 16.8 Å². The molecule has 9 nitrogen and oxygen atoms in total. The molecule has 3 aromatic rings. The highest BCUT2D eigenvalue weighted by molar-refractivity contribution is 7.90. The summed E-state index contributed by atoms with van der Waals surface area (Å²) in [5.74, 6) is 0.269. The lowest BCUT2D eigenvalue weighted by Crippen LogP contribution is -2.41. The molecule has 2 aromatic heterocycles. The summed E-state index contributed by atoms with van der Waals surface area (Å²) in [6.07, 6.45) is 9.22. The number of aromatic nitrogens is 4. The number of aldehydes is 1. The van der Waals surface area contributed by atoms with Crippen molar-refractivity contribution in [2.24, 2.45) is 0 Å². The molecule has 4 rings (SSSR count). The number of methoxy groups -OCH3 is 2. The highest BCUT2D eigenvalue weighted by atomic mass is 35.5. The van der Waals surface area contributed by atoms with E-state index in [-0.39, 0.29) is 17.5 Å². The van der Waals surface area contributed by atoms with Gasteiger partial charge in [0.15, 0.2) is 12.0 Å². The molecule has 1 aromatic carbocycles. The number of carbonyl (C=O) groups is 1. The maximum atomic E-state index is 12.8. The van der Waals surface area contributed by atoms with E-state index in [0.29, 0.717) is 28.4 Å². The molecule has 0 aliphatic heterocycles. The first-order chi connectivity index (χ1) is 19.5. The lowest BCUT2D eigenvalue weighted by molar-refractivity contribution is 0.111. The van der Waals surface area contributed by atoms with Crippen LogP contribution in [0.15, 0.2) is 54.9 Å². The number of hydrogen-bond acceptors (Lipinski definition) is 9. The first-order valence-corrected chi connectivity index (χ1v) is 14.7. The number of hydrogen-bond donors (Lipinski definition) is 1. The van der Waals surface area contributed by atoms with Gasteiger partial charge in [-0.15, -0.1) is 16.3 Å². The Labute approximate surface area is 252 Å². The fourth-order valence-corrected chi connectivity index (χ4v) is 5.95. The molecule has 41 heavy (non-hydrogen) atoms. The molecule has 0 saturated carbocycles. The number of carbonyl (C=O) groups excluding carboxylic acids is 1. The van der Waals surface area contributed by atoms with E-state index >= 15 is 0 Å². The van der Waals surface area contributed by atoms with Crippen LogP contribution in [0.25, 0.3) is 5.57 Å². The monoisotopic (exact) mass is 615 g/mol. The van der Waals surface area contributed by atoms with Gasteiger partial charge in [0.05, 0.1) is 54.8 Å². The molecule has 12 heteroatoms. The maximum absolute atomic E-state index is 12.8. The average Bonchev–Trinajstić information content (AvgIpc) is 2.96. The smallest absolute Gasteiger partial charge is 0.243 e. The molecular formula is C29H31Cl2N5O4S. The molecule has 4 atom stereocenters. The maximum Gasteiger partial charge on any atom is 0.243 e. The van der Waals surface area contributed by atoms with Crippen molar-refractivity contribution in [1.29, 1.82) is 0 Å². The van der Waals surface area contributed by atoms with Crippen LogP contribution in [0.3, 0.4) is 0 Å². The molecule has 0 saturated heterocycles. The molecule has 0 fully saturated rings. The van der Waals surface area contributed by atoms with E-state index in [1.54, 1.807) is 12.3 Å². The van der Waals surface area contributed by atoms with E-state index in [1.807, 2.05) is 64.1 Å². The Kier molecular flexibility index (Phi) is 9.40. The molecule has 1 aliphatic carbocycles. The van der Waals surface area contributed by atoms with E-state index < -0.39 is 32.9 Å². The quantitative estimate of drug-likeness (QED) is 0.191. The van der Waals surface area contributed by atoms with E-state index in [4.69, 9.17) is 42.6 Å². The van der Waals surface area contributed by atoms with Crippen molar-refractivity contribution in [2.45, 2.75) is 49.3 Å². The van der Waals surface area contributed by atoms with Gasteiger partial charge in [-0.3, -0.25) is 9.78 Å². The number of allylic oxidation sites excluding steroid dienone is 4. The molecular weight excluding hydrogens is 585 g/mol. The average molecular weight is 617 g/mol. The third-order valence-electron chi connectivity index (χ3n) is 6.62. The summed E-state index contributed by atoms with van der Waals surface area (Å²) in [5.41, 5.74) is 1.54. The molecule has 0 amide bonds. The zero-order valence-electron chi connectivity index (χ0n) is 23.5. The van der Waals surface area contributed by atoms with Crippen molar-refractivity contribution in [3.05, 3.63) is 88.2 Å². The van der Waals surface area contributed by atoms with Gasteiger partial charge in [0.25, 0.3) is 0 Å². The van der Waals surface area contributed by atoms with Gasteiger partial charge in [-0.05, 0) is 44.9 Å². The molecule has 1 N–H and O–H groups in total. The zero-order valence-corrected chi connectivity index (χ0v) is 25.8. The summed E-state index contributed by atoms with van der Waals surface area (Å²) in [5, 5.41) is -0.262. The van der Waals surface area contributed by atoms with Crippen LogP contribution in [0.2, 0.25) is 5.02 Å². The Bertz CT molecular complexity index is 1500. The molecule has 1 aliphatic rings. The molecule has 4 unspecified atom stereocenters. The second-order valence-electron chi connectivity index (χ2n) is 10.3. The third-order valence-corrected chi connectivity index (χ3v) is 9.21.